The van der Waals surface area contributed by atoms with Crippen molar-refractivity contribution in [2.75, 3.05) is 11.9 Å². The van der Waals surface area contributed by atoms with Crippen LogP contribution in [-0.2, 0) is 0 Å². The number of hydrogen-bond donors (Lipinski definition) is 1. The van der Waals surface area contributed by atoms with Gasteiger partial charge in [0, 0.05) is 29.1 Å². The average molecular weight is 330 g/mol. The molecule has 3 nitrogen and oxygen atoms in total. The molecule has 2 aromatic carbocycles. The summed E-state index contributed by atoms with van der Waals surface area (Å²) in [5.74, 6) is 0.892. The Morgan fingerprint density at radius 2 is 1.95 bits per heavy atom. The molecule has 0 saturated carbocycles. The van der Waals surface area contributed by atoms with Gasteiger partial charge >= 0.3 is 0 Å². The molecule has 0 atom stereocenters. The lowest BCUT2D eigenvalue weighted by molar-refractivity contribution is 0.937. The summed E-state index contributed by atoms with van der Waals surface area (Å²) in [7, 11) is 0. The maximum absolute atomic E-state index is 4.37. The predicted octanol–water partition coefficient (Wildman–Crippen LogP) is 4.61. The number of imidazole rings is 1. The zero-order valence-electron chi connectivity index (χ0n) is 11.3. The van der Waals surface area contributed by atoms with Crippen molar-refractivity contribution in [3.8, 4) is 5.69 Å². The van der Waals surface area contributed by atoms with Crippen molar-refractivity contribution >= 4 is 32.7 Å². The van der Waals surface area contributed by atoms with Crippen LogP contribution in [0.4, 0.5) is 5.95 Å². The first kappa shape index (κ1) is 13.2. The van der Waals surface area contributed by atoms with Crippen LogP contribution in [0.3, 0.4) is 0 Å². The molecule has 0 aliphatic heterocycles. The molecule has 0 amide bonds. The van der Waals surface area contributed by atoms with E-state index in [2.05, 4.69) is 74.1 Å². The van der Waals surface area contributed by atoms with Gasteiger partial charge in [0.05, 0.1) is 0 Å². The molecule has 3 aromatic rings. The van der Waals surface area contributed by atoms with Crippen molar-refractivity contribution in [3.05, 3.63) is 53.3 Å². The fourth-order valence-electron chi connectivity index (χ4n) is 2.23. The molecule has 1 heterocycles. The van der Waals surface area contributed by atoms with Crippen LogP contribution in [0.5, 0.6) is 0 Å². The van der Waals surface area contributed by atoms with Gasteiger partial charge in [-0.1, -0.05) is 35.0 Å². The summed E-state index contributed by atoms with van der Waals surface area (Å²) in [5, 5.41) is 5.79. The van der Waals surface area contributed by atoms with Gasteiger partial charge in [0.1, 0.15) is 0 Å². The Labute approximate surface area is 126 Å². The second-order valence-electron chi connectivity index (χ2n) is 4.72. The van der Waals surface area contributed by atoms with E-state index in [0.29, 0.717) is 0 Å². The average Bonchev–Trinajstić information content (AvgIpc) is 2.93. The minimum atomic E-state index is 0.892. The number of fused-ring (bicyclic) bond motifs is 1. The number of aromatic nitrogens is 2. The molecule has 0 aliphatic carbocycles. The molecular formula is C16H16BrN3. The van der Waals surface area contributed by atoms with E-state index in [0.717, 1.165) is 29.1 Å². The Morgan fingerprint density at radius 3 is 2.80 bits per heavy atom. The van der Waals surface area contributed by atoms with Crippen molar-refractivity contribution in [1.82, 2.24) is 9.55 Å². The van der Waals surface area contributed by atoms with Gasteiger partial charge in [0.25, 0.3) is 0 Å². The Balaban J connectivity index is 2.02. The van der Waals surface area contributed by atoms with E-state index < -0.39 is 0 Å². The van der Waals surface area contributed by atoms with Gasteiger partial charge in [-0.15, -0.1) is 0 Å². The fraction of sp³-hybridized carbons (Fsp3) is 0.188. The highest BCUT2D eigenvalue weighted by atomic mass is 79.9. The van der Waals surface area contributed by atoms with Crippen molar-refractivity contribution in [2.24, 2.45) is 0 Å². The van der Waals surface area contributed by atoms with Gasteiger partial charge in [-0.25, -0.2) is 4.98 Å². The first-order chi connectivity index (χ1) is 9.78. The van der Waals surface area contributed by atoms with Crippen LogP contribution in [0, 0.1) is 0 Å². The molecule has 20 heavy (non-hydrogen) atoms. The van der Waals surface area contributed by atoms with Gasteiger partial charge in [0.2, 0.25) is 5.95 Å². The van der Waals surface area contributed by atoms with E-state index in [1.54, 1.807) is 0 Å². The first-order valence-electron chi connectivity index (χ1n) is 6.75. The summed E-state index contributed by atoms with van der Waals surface area (Å²) in [5.41, 5.74) is 1.12. The molecule has 102 valence electrons. The van der Waals surface area contributed by atoms with E-state index in [1.165, 1.54) is 10.8 Å². The van der Waals surface area contributed by atoms with Gasteiger partial charge in [-0.3, -0.25) is 4.57 Å². The molecule has 0 fully saturated rings. The third-order valence-corrected chi connectivity index (χ3v) is 3.73. The molecule has 0 aliphatic rings. The zero-order chi connectivity index (χ0) is 13.9. The maximum Gasteiger partial charge on any atom is 0.207 e. The van der Waals surface area contributed by atoms with Crippen LogP contribution < -0.4 is 5.32 Å². The molecule has 1 N–H and O–H groups in total. The largest absolute Gasteiger partial charge is 0.355 e. The second kappa shape index (κ2) is 5.67. The standard InChI is InChI=1S/C16H16BrN3/c1-2-7-18-16-19-8-9-20(16)15-6-4-12-10-14(17)5-3-13(12)11-15/h3-6,8-11H,2,7H2,1H3,(H,18,19). The number of nitrogens with one attached hydrogen (secondary N) is 1. The van der Waals surface area contributed by atoms with Crippen molar-refractivity contribution < 1.29 is 0 Å². The molecule has 3 rings (SSSR count). The van der Waals surface area contributed by atoms with Crippen molar-refractivity contribution in [2.45, 2.75) is 13.3 Å². The fourth-order valence-corrected chi connectivity index (χ4v) is 2.61. The summed E-state index contributed by atoms with van der Waals surface area (Å²) in [6, 6.07) is 12.8. The molecule has 0 spiro atoms. The Morgan fingerprint density at radius 1 is 1.15 bits per heavy atom. The highest BCUT2D eigenvalue weighted by molar-refractivity contribution is 9.10. The number of nitrogens with zero attached hydrogens (tertiary/aromatic N) is 2. The highest BCUT2D eigenvalue weighted by Crippen LogP contribution is 2.23. The van der Waals surface area contributed by atoms with Crippen LogP contribution >= 0.6 is 15.9 Å². The normalized spacial score (nSPS) is 10.9. The predicted molar refractivity (Wildman–Crippen MR) is 87.6 cm³/mol. The SMILES string of the molecule is CCCNc1nccn1-c1ccc2cc(Br)ccc2c1. The number of rotatable bonds is 4. The van der Waals surface area contributed by atoms with Crippen molar-refractivity contribution in [1.29, 1.82) is 0 Å². The smallest absolute Gasteiger partial charge is 0.207 e. The van der Waals surface area contributed by atoms with E-state index in [9.17, 15) is 0 Å². The number of halogens is 1. The lowest BCUT2D eigenvalue weighted by Gasteiger charge is -2.10. The van der Waals surface area contributed by atoms with E-state index in [1.807, 2.05) is 12.4 Å². The number of hydrogen-bond acceptors (Lipinski definition) is 2. The van der Waals surface area contributed by atoms with E-state index in [-0.39, 0.29) is 0 Å². The topological polar surface area (TPSA) is 29.9 Å². The summed E-state index contributed by atoms with van der Waals surface area (Å²) >= 11 is 3.50. The molecule has 0 radical (unpaired) electrons. The van der Waals surface area contributed by atoms with Crippen LogP contribution in [-0.4, -0.2) is 16.1 Å². The molecule has 1 aromatic heterocycles. The number of anilines is 1. The Hall–Kier alpha value is -1.81. The van der Waals surface area contributed by atoms with Crippen LogP contribution in [0.2, 0.25) is 0 Å². The van der Waals surface area contributed by atoms with Crippen molar-refractivity contribution in [3.63, 3.8) is 0 Å². The summed E-state index contributed by atoms with van der Waals surface area (Å²) in [4.78, 5) is 4.37. The third kappa shape index (κ3) is 2.56. The number of benzene rings is 2. The van der Waals surface area contributed by atoms with Gasteiger partial charge in [-0.05, 0) is 41.5 Å². The molecule has 0 unspecified atom stereocenters. The minimum absolute atomic E-state index is 0.892. The summed E-state index contributed by atoms with van der Waals surface area (Å²) in [6.45, 7) is 3.08. The lowest BCUT2D eigenvalue weighted by Crippen LogP contribution is -2.06. The summed E-state index contributed by atoms with van der Waals surface area (Å²) < 4.78 is 3.18. The summed E-state index contributed by atoms with van der Waals surface area (Å²) in [6.07, 6.45) is 4.89. The molecule has 0 saturated heterocycles. The van der Waals surface area contributed by atoms with E-state index >= 15 is 0 Å². The molecule has 4 heteroatoms. The monoisotopic (exact) mass is 329 g/mol. The van der Waals surface area contributed by atoms with Crippen LogP contribution in [0.1, 0.15) is 13.3 Å². The van der Waals surface area contributed by atoms with Gasteiger partial charge < -0.3 is 5.32 Å². The Bertz CT molecular complexity index is 733. The minimum Gasteiger partial charge on any atom is -0.355 e. The van der Waals surface area contributed by atoms with E-state index in [4.69, 9.17) is 0 Å². The Kier molecular flexibility index (Phi) is 3.74. The third-order valence-electron chi connectivity index (χ3n) is 3.24. The van der Waals surface area contributed by atoms with Gasteiger partial charge in [-0.2, -0.15) is 0 Å². The maximum atomic E-state index is 4.37. The van der Waals surface area contributed by atoms with Crippen LogP contribution in [0.25, 0.3) is 16.5 Å². The quantitative estimate of drug-likeness (QED) is 0.757. The van der Waals surface area contributed by atoms with Crippen LogP contribution in [0.15, 0.2) is 53.3 Å². The lowest BCUT2D eigenvalue weighted by atomic mass is 10.1. The highest BCUT2D eigenvalue weighted by Gasteiger charge is 2.05. The second-order valence-corrected chi connectivity index (χ2v) is 5.64. The molecular weight excluding hydrogens is 314 g/mol. The zero-order valence-corrected chi connectivity index (χ0v) is 12.9. The molecule has 0 bridgehead atoms. The van der Waals surface area contributed by atoms with Gasteiger partial charge in [0.15, 0.2) is 0 Å². The first-order valence-corrected chi connectivity index (χ1v) is 7.54.